The molecule has 144 valence electrons. The summed E-state index contributed by atoms with van der Waals surface area (Å²) in [6.45, 7) is 5.52. The molecule has 1 unspecified atom stereocenters. The van der Waals surface area contributed by atoms with Crippen LogP contribution in [0, 0.1) is 11.2 Å². The monoisotopic (exact) mass is 368 g/mol. The van der Waals surface area contributed by atoms with Gasteiger partial charge in [0.05, 0.1) is 6.54 Å². The molecule has 0 bridgehead atoms. The minimum atomic E-state index is -1.29. The number of ether oxygens (including phenoxy) is 1. The molecular formula is C18H25FN2O5. The lowest BCUT2D eigenvalue weighted by atomic mass is 9.96. The Labute approximate surface area is 151 Å². The number of nitrogens with one attached hydrogen (secondary N) is 2. The number of hydrogen-bond donors (Lipinski definition) is 3. The molecule has 0 fully saturated rings. The Kier molecular flexibility index (Phi) is 8.02. The highest BCUT2D eigenvalue weighted by Crippen LogP contribution is 2.13. The van der Waals surface area contributed by atoms with Crippen molar-refractivity contribution in [2.45, 2.75) is 39.7 Å². The van der Waals surface area contributed by atoms with E-state index in [1.54, 1.807) is 20.8 Å². The number of aliphatic carboxylic acids is 1. The Bertz CT molecular complexity index is 625. The third-order valence-corrected chi connectivity index (χ3v) is 3.40. The van der Waals surface area contributed by atoms with Gasteiger partial charge in [0.2, 0.25) is 17.9 Å². The molecule has 26 heavy (non-hydrogen) atoms. The molecule has 0 spiro atoms. The molecule has 1 aromatic rings. The van der Waals surface area contributed by atoms with E-state index in [2.05, 4.69) is 10.6 Å². The quantitative estimate of drug-likeness (QED) is 0.576. The van der Waals surface area contributed by atoms with Gasteiger partial charge in [0.1, 0.15) is 11.6 Å². The highest BCUT2D eigenvalue weighted by Gasteiger charge is 2.21. The van der Waals surface area contributed by atoms with Crippen molar-refractivity contribution in [1.29, 1.82) is 0 Å². The van der Waals surface area contributed by atoms with Crippen molar-refractivity contribution in [2.24, 2.45) is 5.41 Å². The van der Waals surface area contributed by atoms with E-state index < -0.39 is 23.3 Å². The van der Waals surface area contributed by atoms with Crippen molar-refractivity contribution in [3.8, 4) is 5.75 Å². The van der Waals surface area contributed by atoms with Gasteiger partial charge in [0, 0.05) is 18.4 Å². The first-order valence-corrected chi connectivity index (χ1v) is 8.29. The molecule has 3 N–H and O–H groups in total. The molecule has 1 aromatic carbocycles. The van der Waals surface area contributed by atoms with E-state index in [9.17, 15) is 18.8 Å². The van der Waals surface area contributed by atoms with Gasteiger partial charge in [-0.05, 0) is 30.7 Å². The van der Waals surface area contributed by atoms with Gasteiger partial charge in [-0.2, -0.15) is 0 Å². The maximum atomic E-state index is 12.8. The van der Waals surface area contributed by atoms with Crippen LogP contribution in [0.15, 0.2) is 24.3 Å². The van der Waals surface area contributed by atoms with Crippen LogP contribution in [-0.4, -0.2) is 42.1 Å². The molecule has 0 aromatic heterocycles. The fourth-order valence-corrected chi connectivity index (χ4v) is 1.87. The molecule has 0 saturated carbocycles. The maximum Gasteiger partial charge on any atom is 0.346 e. The average molecular weight is 368 g/mol. The summed E-state index contributed by atoms with van der Waals surface area (Å²) < 4.78 is 18.1. The van der Waals surface area contributed by atoms with Gasteiger partial charge in [-0.15, -0.1) is 0 Å². The lowest BCUT2D eigenvalue weighted by Gasteiger charge is -2.17. The van der Waals surface area contributed by atoms with Crippen molar-refractivity contribution < 1.29 is 28.6 Å². The highest BCUT2D eigenvalue weighted by atomic mass is 19.1. The predicted molar refractivity (Wildman–Crippen MR) is 93.2 cm³/mol. The van der Waals surface area contributed by atoms with Gasteiger partial charge >= 0.3 is 5.97 Å². The van der Waals surface area contributed by atoms with E-state index in [1.807, 2.05) is 0 Å². The first-order chi connectivity index (χ1) is 12.1. The smallest absolute Gasteiger partial charge is 0.346 e. The minimum Gasteiger partial charge on any atom is -0.478 e. The van der Waals surface area contributed by atoms with Crippen molar-refractivity contribution in [3.63, 3.8) is 0 Å². The summed E-state index contributed by atoms with van der Waals surface area (Å²) in [6, 6.07) is 4.92. The Morgan fingerprint density at radius 1 is 1.15 bits per heavy atom. The van der Waals surface area contributed by atoms with Crippen molar-refractivity contribution in [1.82, 2.24) is 10.6 Å². The maximum absolute atomic E-state index is 12.8. The van der Waals surface area contributed by atoms with Crippen LogP contribution in [0.1, 0.15) is 33.6 Å². The summed E-state index contributed by atoms with van der Waals surface area (Å²) in [4.78, 5) is 34.7. The largest absolute Gasteiger partial charge is 0.478 e. The molecular weight excluding hydrogens is 343 g/mol. The summed E-state index contributed by atoms with van der Waals surface area (Å²) in [7, 11) is 0. The molecule has 0 radical (unpaired) electrons. The van der Waals surface area contributed by atoms with Crippen LogP contribution in [0.2, 0.25) is 0 Å². The van der Waals surface area contributed by atoms with Crippen LogP contribution in [0.5, 0.6) is 5.75 Å². The first-order valence-electron chi connectivity index (χ1n) is 8.29. The Hall–Kier alpha value is -2.64. The van der Waals surface area contributed by atoms with Crippen molar-refractivity contribution in [2.75, 3.05) is 13.1 Å². The number of carbonyl (C=O) groups excluding carboxylic acids is 2. The summed E-state index contributed by atoms with van der Waals surface area (Å²) in [5.74, 6) is -1.96. The van der Waals surface area contributed by atoms with E-state index in [-0.39, 0.29) is 30.5 Å². The first kappa shape index (κ1) is 21.4. The zero-order valence-electron chi connectivity index (χ0n) is 15.2. The lowest BCUT2D eigenvalue weighted by Crippen LogP contribution is -2.40. The summed E-state index contributed by atoms with van der Waals surface area (Å²) in [5, 5.41) is 14.4. The van der Waals surface area contributed by atoms with Crippen LogP contribution < -0.4 is 15.4 Å². The number of hydrogen-bond acceptors (Lipinski definition) is 4. The normalized spacial score (nSPS) is 12.2. The van der Waals surface area contributed by atoms with E-state index in [0.29, 0.717) is 13.0 Å². The number of amides is 2. The zero-order chi connectivity index (χ0) is 19.7. The standard InChI is InChI=1S/C18H25FN2O5/c1-18(2,3)17(25)20-10-4-5-15(22)21-11-14(16(23)24)26-13-8-6-12(19)7-9-13/h6-9,14H,4-5,10-11H2,1-3H3,(H,20,25)(H,21,22)(H,23,24). The number of carbonyl (C=O) groups is 3. The average Bonchev–Trinajstić information content (AvgIpc) is 2.55. The Morgan fingerprint density at radius 3 is 2.31 bits per heavy atom. The van der Waals surface area contributed by atoms with Gasteiger partial charge in [-0.1, -0.05) is 20.8 Å². The SMILES string of the molecule is CC(C)(C)C(=O)NCCCC(=O)NCC(Oc1ccc(F)cc1)C(=O)O. The molecule has 1 rings (SSSR count). The number of halogens is 1. The Balaban J connectivity index is 2.35. The molecule has 0 aliphatic heterocycles. The van der Waals surface area contributed by atoms with E-state index in [4.69, 9.17) is 9.84 Å². The number of benzene rings is 1. The number of carboxylic acids is 1. The fourth-order valence-electron chi connectivity index (χ4n) is 1.87. The van der Waals surface area contributed by atoms with E-state index in [1.165, 1.54) is 12.1 Å². The van der Waals surface area contributed by atoms with Gasteiger partial charge in [0.25, 0.3) is 0 Å². The summed E-state index contributed by atoms with van der Waals surface area (Å²) in [6.07, 6.45) is -0.706. The topological polar surface area (TPSA) is 105 Å². The third kappa shape index (κ3) is 7.96. The van der Waals surface area contributed by atoms with Crippen LogP contribution in [-0.2, 0) is 14.4 Å². The fraction of sp³-hybridized carbons (Fsp3) is 0.500. The van der Waals surface area contributed by atoms with Crippen LogP contribution in [0.25, 0.3) is 0 Å². The molecule has 0 aliphatic rings. The second kappa shape index (κ2) is 9.74. The number of carboxylic acid groups (broad SMARTS) is 1. The summed E-state index contributed by atoms with van der Waals surface area (Å²) >= 11 is 0. The minimum absolute atomic E-state index is 0.100. The number of rotatable bonds is 9. The Morgan fingerprint density at radius 2 is 1.77 bits per heavy atom. The van der Waals surface area contributed by atoms with Gasteiger partial charge in [-0.25, -0.2) is 9.18 Å². The van der Waals surface area contributed by atoms with Crippen LogP contribution >= 0.6 is 0 Å². The lowest BCUT2D eigenvalue weighted by molar-refractivity contribution is -0.145. The molecule has 0 heterocycles. The van der Waals surface area contributed by atoms with Crippen molar-refractivity contribution in [3.05, 3.63) is 30.1 Å². The van der Waals surface area contributed by atoms with Crippen LogP contribution in [0.3, 0.4) is 0 Å². The molecule has 0 aliphatic carbocycles. The molecule has 8 heteroatoms. The molecule has 1 atom stereocenters. The van der Waals surface area contributed by atoms with E-state index in [0.717, 1.165) is 12.1 Å². The predicted octanol–water partition coefficient (Wildman–Crippen LogP) is 1.72. The van der Waals surface area contributed by atoms with Gasteiger partial charge in [0.15, 0.2) is 0 Å². The second-order valence-electron chi connectivity index (χ2n) is 6.81. The highest BCUT2D eigenvalue weighted by molar-refractivity contribution is 5.81. The van der Waals surface area contributed by atoms with Crippen LogP contribution in [0.4, 0.5) is 4.39 Å². The zero-order valence-corrected chi connectivity index (χ0v) is 15.2. The molecule has 7 nitrogen and oxygen atoms in total. The second-order valence-corrected chi connectivity index (χ2v) is 6.81. The van der Waals surface area contributed by atoms with E-state index >= 15 is 0 Å². The van der Waals surface area contributed by atoms with Crippen molar-refractivity contribution >= 4 is 17.8 Å². The molecule has 2 amide bonds. The summed E-state index contributed by atoms with van der Waals surface area (Å²) in [5.41, 5.74) is -0.491. The van der Waals surface area contributed by atoms with Gasteiger partial charge < -0.3 is 20.5 Å². The van der Waals surface area contributed by atoms with Gasteiger partial charge in [-0.3, -0.25) is 9.59 Å². The third-order valence-electron chi connectivity index (χ3n) is 3.40. The molecule has 0 saturated heterocycles.